The Morgan fingerprint density at radius 1 is 1.35 bits per heavy atom. The number of rotatable bonds is 2. The van der Waals surface area contributed by atoms with Crippen molar-refractivity contribution in [3.8, 4) is 0 Å². The Morgan fingerprint density at radius 3 is 3.00 bits per heavy atom. The smallest absolute Gasteiger partial charge is 0.318 e. The zero-order chi connectivity index (χ0) is 18.3. The topological polar surface area (TPSA) is 81.2 Å². The van der Waals surface area contributed by atoms with Crippen molar-refractivity contribution in [2.24, 2.45) is 0 Å². The van der Waals surface area contributed by atoms with Gasteiger partial charge in [0, 0.05) is 24.7 Å². The number of nitrogens with one attached hydrogen (secondary N) is 2. The normalized spacial score (nSPS) is 25.2. The highest BCUT2D eigenvalue weighted by atomic mass is 19.2. The Labute approximate surface area is 149 Å². The Balaban J connectivity index is 1.48. The maximum atomic E-state index is 13.6. The lowest BCUT2D eigenvalue weighted by atomic mass is 9.94. The Bertz CT molecular complexity index is 825. The molecule has 0 bridgehead atoms. The van der Waals surface area contributed by atoms with Crippen molar-refractivity contribution >= 4 is 6.03 Å². The molecular weight excluding hydrogens is 342 g/mol. The number of carbonyl (C=O) groups is 1. The Hall–Kier alpha value is -2.48. The molecule has 4 rings (SSSR count). The van der Waals surface area contributed by atoms with Gasteiger partial charge in [0.05, 0.1) is 18.3 Å². The van der Waals surface area contributed by atoms with Crippen LogP contribution in [-0.2, 0) is 12.8 Å². The summed E-state index contributed by atoms with van der Waals surface area (Å²) in [6, 6.07) is 2.79. The summed E-state index contributed by atoms with van der Waals surface area (Å²) in [4.78, 5) is 14.3. The number of amides is 2. The van der Waals surface area contributed by atoms with Gasteiger partial charge in [-0.15, -0.1) is 0 Å². The van der Waals surface area contributed by atoms with Crippen LogP contribution in [-0.4, -0.2) is 44.9 Å². The Kier molecular flexibility index (Phi) is 4.36. The van der Waals surface area contributed by atoms with E-state index in [1.54, 1.807) is 0 Å². The van der Waals surface area contributed by atoms with E-state index < -0.39 is 23.8 Å². The quantitative estimate of drug-likeness (QED) is 0.765. The molecule has 6 nitrogen and oxygen atoms in total. The molecule has 1 aromatic carbocycles. The van der Waals surface area contributed by atoms with Gasteiger partial charge in [0.2, 0.25) is 0 Å². The van der Waals surface area contributed by atoms with Crippen LogP contribution in [0.4, 0.5) is 13.6 Å². The molecule has 2 aliphatic rings. The number of hydrogen-bond acceptors (Lipinski definition) is 3. The second-order valence-corrected chi connectivity index (χ2v) is 6.99. The monoisotopic (exact) mass is 362 g/mol. The zero-order valence-corrected chi connectivity index (χ0v) is 14.1. The van der Waals surface area contributed by atoms with Crippen molar-refractivity contribution in [2.75, 3.05) is 6.54 Å². The molecular formula is C18H20F2N4O2. The predicted molar refractivity (Wildman–Crippen MR) is 89.4 cm³/mol. The number of carbonyl (C=O) groups excluding carboxylic acids is 1. The van der Waals surface area contributed by atoms with Crippen molar-refractivity contribution in [2.45, 2.75) is 43.9 Å². The van der Waals surface area contributed by atoms with Crippen LogP contribution in [0, 0.1) is 11.6 Å². The molecule has 8 heteroatoms. The number of aliphatic hydroxyl groups excluding tert-OH is 1. The van der Waals surface area contributed by atoms with Gasteiger partial charge in [0.15, 0.2) is 11.6 Å². The van der Waals surface area contributed by atoms with Gasteiger partial charge in [-0.1, -0.05) is 6.07 Å². The number of H-pyrrole nitrogens is 1. The number of aromatic amines is 1. The van der Waals surface area contributed by atoms with Crippen LogP contribution in [0.25, 0.3) is 0 Å². The summed E-state index contributed by atoms with van der Waals surface area (Å²) in [5, 5.41) is 20.0. The molecule has 26 heavy (non-hydrogen) atoms. The van der Waals surface area contributed by atoms with Crippen molar-refractivity contribution in [3.63, 3.8) is 0 Å². The van der Waals surface area contributed by atoms with Crippen LogP contribution in [0.5, 0.6) is 0 Å². The molecule has 2 amide bonds. The summed E-state index contributed by atoms with van der Waals surface area (Å²) < 4.78 is 26.8. The van der Waals surface area contributed by atoms with Crippen LogP contribution in [0.1, 0.15) is 35.7 Å². The zero-order valence-electron chi connectivity index (χ0n) is 14.1. The first-order chi connectivity index (χ1) is 12.5. The third-order valence-corrected chi connectivity index (χ3v) is 5.22. The van der Waals surface area contributed by atoms with E-state index in [1.165, 1.54) is 16.5 Å². The first-order valence-corrected chi connectivity index (χ1v) is 8.72. The lowest BCUT2D eigenvalue weighted by Gasteiger charge is -2.29. The molecule has 1 fully saturated rings. The van der Waals surface area contributed by atoms with E-state index in [0.29, 0.717) is 18.4 Å². The maximum Gasteiger partial charge on any atom is 0.318 e. The van der Waals surface area contributed by atoms with Gasteiger partial charge in [0.1, 0.15) is 0 Å². The van der Waals surface area contributed by atoms with Crippen LogP contribution < -0.4 is 5.32 Å². The van der Waals surface area contributed by atoms with Gasteiger partial charge >= 0.3 is 6.03 Å². The van der Waals surface area contributed by atoms with Crippen molar-refractivity contribution in [1.82, 2.24) is 20.4 Å². The first-order valence-electron chi connectivity index (χ1n) is 8.72. The van der Waals surface area contributed by atoms with Gasteiger partial charge in [-0.25, -0.2) is 13.6 Å². The molecule has 2 heterocycles. The first kappa shape index (κ1) is 17.0. The summed E-state index contributed by atoms with van der Waals surface area (Å²) in [6.45, 7) is 0.164. The van der Waals surface area contributed by atoms with Crippen molar-refractivity contribution in [1.29, 1.82) is 0 Å². The van der Waals surface area contributed by atoms with Crippen LogP contribution in [0.2, 0.25) is 0 Å². The highest BCUT2D eigenvalue weighted by Crippen LogP contribution is 2.33. The number of aryl methyl sites for hydroxylation is 1. The molecule has 0 radical (unpaired) electrons. The van der Waals surface area contributed by atoms with E-state index in [2.05, 4.69) is 15.5 Å². The number of aromatic nitrogens is 2. The highest BCUT2D eigenvalue weighted by molar-refractivity contribution is 5.75. The van der Waals surface area contributed by atoms with Gasteiger partial charge in [0.25, 0.3) is 0 Å². The minimum absolute atomic E-state index is 0.0289. The summed E-state index contributed by atoms with van der Waals surface area (Å²) in [6.07, 6.45) is 3.74. The van der Waals surface area contributed by atoms with E-state index in [1.807, 2.05) is 6.20 Å². The minimum Gasteiger partial charge on any atom is -0.391 e. The molecule has 3 unspecified atom stereocenters. The SMILES string of the molecule is O=C(NC1CCc2cn[nH]c2C1)N1CC(O)CC1c1ccc(F)c(F)c1. The number of aliphatic hydroxyl groups is 1. The van der Waals surface area contributed by atoms with Gasteiger partial charge in [-0.3, -0.25) is 5.10 Å². The predicted octanol–water partition coefficient (Wildman–Crippen LogP) is 2.06. The number of urea groups is 1. The van der Waals surface area contributed by atoms with Crippen LogP contribution in [0.15, 0.2) is 24.4 Å². The van der Waals surface area contributed by atoms with Crippen molar-refractivity contribution < 1.29 is 18.7 Å². The summed E-state index contributed by atoms with van der Waals surface area (Å²) in [5.41, 5.74) is 2.68. The number of halogens is 2. The molecule has 2 aromatic rings. The fraction of sp³-hybridized carbons (Fsp3) is 0.444. The molecule has 1 saturated heterocycles. The number of nitrogens with zero attached hydrogens (tertiary/aromatic N) is 2. The molecule has 0 saturated carbocycles. The standard InChI is InChI=1S/C18H20F2N4O2/c19-14-4-2-10(5-15(14)20)17-7-13(25)9-24(17)18(26)22-12-3-1-11-8-21-23-16(11)6-12/h2,4-5,8,12-13,17,25H,1,3,6-7,9H2,(H,21,23)(H,22,26). The third kappa shape index (κ3) is 3.16. The largest absolute Gasteiger partial charge is 0.391 e. The van der Waals surface area contributed by atoms with Crippen LogP contribution >= 0.6 is 0 Å². The fourth-order valence-corrected chi connectivity index (χ4v) is 3.86. The van der Waals surface area contributed by atoms with E-state index in [-0.39, 0.29) is 18.6 Å². The molecule has 1 aliphatic heterocycles. The van der Waals surface area contributed by atoms with Gasteiger partial charge in [-0.2, -0.15) is 5.10 Å². The second-order valence-electron chi connectivity index (χ2n) is 6.99. The maximum absolute atomic E-state index is 13.6. The third-order valence-electron chi connectivity index (χ3n) is 5.22. The lowest BCUT2D eigenvalue weighted by molar-refractivity contribution is 0.167. The lowest BCUT2D eigenvalue weighted by Crippen LogP contribution is -2.46. The number of fused-ring (bicyclic) bond motifs is 1. The minimum atomic E-state index is -0.955. The number of likely N-dealkylation sites (tertiary alicyclic amines) is 1. The molecule has 1 aliphatic carbocycles. The number of β-amino-alcohol motifs (C(OH)–C–C–N with tert-alkyl or cyclic N) is 1. The molecule has 3 atom stereocenters. The highest BCUT2D eigenvalue weighted by Gasteiger charge is 2.36. The molecule has 1 aromatic heterocycles. The van der Waals surface area contributed by atoms with E-state index >= 15 is 0 Å². The van der Waals surface area contributed by atoms with Crippen molar-refractivity contribution in [3.05, 3.63) is 52.9 Å². The summed E-state index contributed by atoms with van der Waals surface area (Å²) in [7, 11) is 0. The van der Waals surface area contributed by atoms with Gasteiger partial charge in [-0.05, 0) is 42.5 Å². The van der Waals surface area contributed by atoms with E-state index in [4.69, 9.17) is 0 Å². The molecule has 0 spiro atoms. The number of hydrogen-bond donors (Lipinski definition) is 3. The summed E-state index contributed by atoms with van der Waals surface area (Å²) >= 11 is 0. The van der Waals surface area contributed by atoms with E-state index in [9.17, 15) is 18.7 Å². The summed E-state index contributed by atoms with van der Waals surface area (Å²) in [5.74, 6) is -1.89. The average Bonchev–Trinajstić information content (AvgIpc) is 3.23. The number of benzene rings is 1. The molecule has 3 N–H and O–H groups in total. The molecule has 138 valence electrons. The average molecular weight is 362 g/mol. The van der Waals surface area contributed by atoms with E-state index in [0.717, 1.165) is 30.7 Å². The fourth-order valence-electron chi connectivity index (χ4n) is 3.86. The second kappa shape index (κ2) is 6.68. The van der Waals surface area contributed by atoms with Crippen LogP contribution in [0.3, 0.4) is 0 Å². The van der Waals surface area contributed by atoms with Gasteiger partial charge < -0.3 is 15.3 Å². The Morgan fingerprint density at radius 2 is 2.19 bits per heavy atom.